The lowest BCUT2D eigenvalue weighted by Crippen LogP contribution is -2.58. The number of aryl methyl sites for hydroxylation is 1. The van der Waals surface area contributed by atoms with Crippen molar-refractivity contribution in [3.63, 3.8) is 0 Å². The highest BCUT2D eigenvalue weighted by Gasteiger charge is 2.45. The molecule has 0 saturated carbocycles. The number of ether oxygens (including phenoxy) is 1. The average Bonchev–Trinajstić information content (AvgIpc) is 3.35. The lowest BCUT2D eigenvalue weighted by molar-refractivity contribution is -0.151. The van der Waals surface area contributed by atoms with E-state index in [1.165, 1.54) is 73.7 Å². The van der Waals surface area contributed by atoms with Crippen LogP contribution in [0.15, 0.2) is 60.7 Å². The number of nitrogens with one attached hydrogen (secondary N) is 1. The molecule has 0 saturated heterocycles. The third kappa shape index (κ3) is 4.82. The number of fused-ring (bicyclic) bond motifs is 1. The molecule has 2 aliphatic rings. The first kappa shape index (κ1) is 28.1. The van der Waals surface area contributed by atoms with Gasteiger partial charge in [-0.15, -0.1) is 0 Å². The zero-order valence-electron chi connectivity index (χ0n) is 24.7. The minimum absolute atomic E-state index is 0.0340. The van der Waals surface area contributed by atoms with Crippen molar-refractivity contribution < 1.29 is 9.53 Å². The molecule has 41 heavy (non-hydrogen) atoms. The van der Waals surface area contributed by atoms with Crippen LogP contribution < -0.4 is 15.5 Å². The summed E-state index contributed by atoms with van der Waals surface area (Å²) in [6, 6.07) is 22.1. The highest BCUT2D eigenvalue weighted by Crippen LogP contribution is 2.43. The molecule has 6 rings (SSSR count). The van der Waals surface area contributed by atoms with Gasteiger partial charge in [0.1, 0.15) is 0 Å². The predicted octanol–water partition coefficient (Wildman–Crippen LogP) is 7.24. The van der Waals surface area contributed by atoms with E-state index in [0.29, 0.717) is 0 Å². The van der Waals surface area contributed by atoms with Gasteiger partial charge in [-0.05, 0) is 120 Å². The highest BCUT2D eigenvalue weighted by atomic mass is 127. The second-order valence-electron chi connectivity index (χ2n) is 12.1. The number of benzene rings is 4. The predicted molar refractivity (Wildman–Crippen MR) is 181 cm³/mol. The summed E-state index contributed by atoms with van der Waals surface area (Å²) in [6.07, 6.45) is 3.61. The lowest BCUT2D eigenvalue weighted by atomic mass is 9.58. The topological polar surface area (TPSA) is 41.6 Å². The van der Waals surface area contributed by atoms with Crippen LogP contribution in [-0.4, -0.2) is 24.5 Å². The summed E-state index contributed by atoms with van der Waals surface area (Å²) in [5.74, 6) is -0.111. The van der Waals surface area contributed by atoms with Crippen LogP contribution in [0.3, 0.4) is 0 Å². The molecular formula is C35H38BIN2O2. The Bertz CT molecular complexity index is 1650. The van der Waals surface area contributed by atoms with Gasteiger partial charge < -0.3 is 14.8 Å². The number of carbonyl (C=O) groups excluding carboxylic acids is 1. The molecule has 0 amide bonds. The van der Waals surface area contributed by atoms with Gasteiger partial charge in [0.15, 0.2) is 0 Å². The van der Waals surface area contributed by atoms with Gasteiger partial charge in [0.2, 0.25) is 0 Å². The van der Waals surface area contributed by atoms with Crippen LogP contribution in [0.5, 0.6) is 0 Å². The third-order valence-electron chi connectivity index (χ3n) is 9.31. The standard InChI is InChI=1S/C35H38BIN2O2/c1-22-17-26-13-9-15-30-32(26)31(18-22)39(21-25-11-7-6-8-12-25)36(38-30)33-24(3)29-20-35(4,34(40)41-5)19-28(29)23(2)27(33)14-10-16-37/h6-9,11-13,15,17-18,38H,10,14,16,19-21H2,1-5H3. The van der Waals surface area contributed by atoms with Gasteiger partial charge in [-0.3, -0.25) is 4.79 Å². The number of hydrogen-bond acceptors (Lipinski definition) is 4. The molecule has 1 N–H and O–H groups in total. The Balaban J connectivity index is 1.58. The van der Waals surface area contributed by atoms with E-state index in [-0.39, 0.29) is 13.0 Å². The molecule has 1 unspecified atom stereocenters. The number of alkyl halides is 1. The molecule has 4 nitrogen and oxygen atoms in total. The highest BCUT2D eigenvalue weighted by molar-refractivity contribution is 14.1. The van der Waals surface area contributed by atoms with Crippen molar-refractivity contribution in [2.24, 2.45) is 5.41 Å². The number of methoxy groups -OCH3 is 1. The van der Waals surface area contributed by atoms with E-state index in [0.717, 1.165) is 36.7 Å². The van der Waals surface area contributed by atoms with Gasteiger partial charge in [0.25, 0.3) is 0 Å². The van der Waals surface area contributed by atoms with Crippen molar-refractivity contribution in [3.8, 4) is 0 Å². The van der Waals surface area contributed by atoms with Crippen LogP contribution in [0.1, 0.15) is 52.3 Å². The smallest absolute Gasteiger partial charge is 0.409 e. The Morgan fingerprint density at radius 1 is 1.02 bits per heavy atom. The Hall–Kier alpha value is -3.00. The van der Waals surface area contributed by atoms with Crippen molar-refractivity contribution >= 4 is 63.2 Å². The molecule has 1 atom stereocenters. The largest absolute Gasteiger partial charge is 0.469 e. The summed E-state index contributed by atoms with van der Waals surface area (Å²) in [5, 5.41) is 6.58. The summed E-state index contributed by atoms with van der Waals surface area (Å²) in [4.78, 5) is 15.5. The zero-order chi connectivity index (χ0) is 28.9. The van der Waals surface area contributed by atoms with Gasteiger partial charge in [0.05, 0.1) is 12.5 Å². The quantitative estimate of drug-likeness (QED) is 0.0987. The lowest BCUT2D eigenvalue weighted by Gasteiger charge is -2.40. The van der Waals surface area contributed by atoms with Crippen molar-refractivity contribution in [3.05, 3.63) is 99.6 Å². The molecule has 0 spiro atoms. The van der Waals surface area contributed by atoms with Gasteiger partial charge in [-0.25, -0.2) is 0 Å². The van der Waals surface area contributed by atoms with Gasteiger partial charge in [-0.2, -0.15) is 0 Å². The van der Waals surface area contributed by atoms with E-state index in [2.05, 4.69) is 121 Å². The van der Waals surface area contributed by atoms with E-state index >= 15 is 0 Å². The SMILES string of the molecule is COC(=O)C1(C)Cc2c(C)c(CCCI)c(B3Nc4cccc5cc(C)cc(c45)N3Cc3ccccc3)c(C)c2C1. The van der Waals surface area contributed by atoms with Crippen molar-refractivity contribution in [2.45, 2.75) is 59.9 Å². The maximum atomic E-state index is 13.0. The van der Waals surface area contributed by atoms with Gasteiger partial charge in [-0.1, -0.05) is 71.1 Å². The van der Waals surface area contributed by atoms with Crippen molar-refractivity contribution in [2.75, 3.05) is 21.6 Å². The molecule has 1 aliphatic heterocycles. The maximum absolute atomic E-state index is 13.0. The summed E-state index contributed by atoms with van der Waals surface area (Å²) >= 11 is 2.50. The minimum atomic E-state index is -0.523. The number of halogens is 1. The molecular weight excluding hydrogens is 618 g/mol. The molecule has 0 radical (unpaired) electrons. The monoisotopic (exact) mass is 656 g/mol. The van der Waals surface area contributed by atoms with E-state index in [4.69, 9.17) is 4.74 Å². The fourth-order valence-electron chi connectivity index (χ4n) is 7.32. The number of hydrogen-bond donors (Lipinski definition) is 1. The van der Waals surface area contributed by atoms with Crippen LogP contribution in [0.4, 0.5) is 11.4 Å². The third-order valence-corrected chi connectivity index (χ3v) is 10.1. The van der Waals surface area contributed by atoms with Crippen molar-refractivity contribution in [1.29, 1.82) is 0 Å². The molecule has 210 valence electrons. The number of esters is 1. The fraction of sp³-hybridized carbons (Fsp3) is 0.343. The first-order valence-electron chi connectivity index (χ1n) is 14.6. The summed E-state index contributed by atoms with van der Waals surface area (Å²) < 4.78 is 6.41. The summed E-state index contributed by atoms with van der Waals surface area (Å²) in [7, 11) is 1.51. The number of anilines is 2. The van der Waals surface area contributed by atoms with E-state index < -0.39 is 5.41 Å². The maximum Gasteiger partial charge on any atom is 0.409 e. The Kier molecular flexibility index (Phi) is 7.56. The normalized spacial score (nSPS) is 17.5. The number of rotatable bonds is 7. The van der Waals surface area contributed by atoms with E-state index in [1.807, 2.05) is 0 Å². The molecule has 4 aromatic carbocycles. The second kappa shape index (κ2) is 11.0. The van der Waals surface area contributed by atoms with Crippen LogP contribution in [-0.2, 0) is 35.3 Å². The van der Waals surface area contributed by atoms with Crippen LogP contribution in [0.2, 0.25) is 0 Å². The molecule has 6 heteroatoms. The average molecular weight is 656 g/mol. The fourth-order valence-corrected chi connectivity index (χ4v) is 7.70. The minimum Gasteiger partial charge on any atom is -0.469 e. The molecule has 0 fully saturated rings. The summed E-state index contributed by atoms with van der Waals surface area (Å²) in [6.45, 7) is 9.61. The van der Waals surface area contributed by atoms with Crippen LogP contribution in [0, 0.1) is 26.2 Å². The molecule has 0 aromatic heterocycles. The molecule has 0 bridgehead atoms. The van der Waals surface area contributed by atoms with Crippen LogP contribution in [0.25, 0.3) is 10.8 Å². The Morgan fingerprint density at radius 2 is 1.76 bits per heavy atom. The van der Waals surface area contributed by atoms with Crippen molar-refractivity contribution in [1.82, 2.24) is 0 Å². The number of carbonyl (C=O) groups is 1. The molecule has 4 aromatic rings. The van der Waals surface area contributed by atoms with Gasteiger partial charge >= 0.3 is 13.0 Å². The zero-order valence-corrected chi connectivity index (χ0v) is 26.9. The van der Waals surface area contributed by atoms with Crippen LogP contribution >= 0.6 is 22.6 Å². The molecule has 1 heterocycles. The number of nitrogens with zero attached hydrogens (tertiary/aromatic N) is 1. The van der Waals surface area contributed by atoms with E-state index in [9.17, 15) is 4.79 Å². The first-order valence-corrected chi connectivity index (χ1v) is 16.2. The van der Waals surface area contributed by atoms with Gasteiger partial charge in [0, 0.05) is 23.3 Å². The first-order chi connectivity index (χ1) is 19.8. The van der Waals surface area contributed by atoms with E-state index in [1.54, 1.807) is 0 Å². The second-order valence-corrected chi connectivity index (χ2v) is 13.2. The Morgan fingerprint density at radius 3 is 2.46 bits per heavy atom. The Labute approximate surface area is 258 Å². The summed E-state index contributed by atoms with van der Waals surface area (Å²) in [5.41, 5.74) is 12.7. The molecule has 1 aliphatic carbocycles.